The molecule has 0 amide bonds. The SMILES string of the molecule is C[N+](C)(C)CCO.Cc1[nH]n(-c2ccc3c(c2)CCCC3)c(=O)c1N=Nc1cccc(-c2ccc(C(=O)O)o2)c1[O-]. The molecule has 0 bridgehead atoms. The summed E-state index contributed by atoms with van der Waals surface area (Å²) in [6.07, 6.45) is 4.37. The van der Waals surface area contributed by atoms with E-state index in [0.29, 0.717) is 5.69 Å². The third-order valence-electron chi connectivity index (χ3n) is 6.74. The van der Waals surface area contributed by atoms with Gasteiger partial charge in [-0.15, -0.1) is 5.11 Å². The number of fused-ring (bicyclic) bond motifs is 1. The Bertz CT molecular complexity index is 1620. The number of quaternary nitrogens is 1. The van der Waals surface area contributed by atoms with E-state index in [1.807, 2.05) is 12.1 Å². The van der Waals surface area contributed by atoms with Gasteiger partial charge in [-0.3, -0.25) is 9.89 Å². The highest BCUT2D eigenvalue weighted by Gasteiger charge is 2.16. The topological polar surface area (TPSA) is 156 Å². The predicted molar refractivity (Wildman–Crippen MR) is 152 cm³/mol. The fraction of sp³-hybridized carbons (Fsp3) is 0.333. The maximum Gasteiger partial charge on any atom is 0.371 e. The number of aromatic nitrogens is 2. The van der Waals surface area contributed by atoms with Gasteiger partial charge in [0.25, 0.3) is 5.56 Å². The Hall–Kier alpha value is -4.48. The van der Waals surface area contributed by atoms with Crippen LogP contribution in [0.25, 0.3) is 17.0 Å². The number of aliphatic hydroxyl groups excluding tert-OH is 1. The van der Waals surface area contributed by atoms with Crippen molar-refractivity contribution >= 4 is 17.3 Å². The third kappa shape index (κ3) is 7.00. The van der Waals surface area contributed by atoms with Gasteiger partial charge >= 0.3 is 5.97 Å². The van der Waals surface area contributed by atoms with Crippen LogP contribution in [0.1, 0.15) is 40.2 Å². The zero-order valence-electron chi connectivity index (χ0n) is 23.7. The summed E-state index contributed by atoms with van der Waals surface area (Å²) in [6.45, 7) is 2.83. The molecular weight excluding hydrogens is 526 g/mol. The van der Waals surface area contributed by atoms with E-state index in [9.17, 15) is 14.7 Å². The molecule has 216 valence electrons. The van der Waals surface area contributed by atoms with E-state index in [-0.39, 0.29) is 40.6 Å². The van der Waals surface area contributed by atoms with Crippen molar-refractivity contribution in [2.45, 2.75) is 32.6 Å². The first-order valence-electron chi connectivity index (χ1n) is 13.4. The Morgan fingerprint density at radius 1 is 1.07 bits per heavy atom. The minimum absolute atomic E-state index is 0.00565. The van der Waals surface area contributed by atoms with Crippen molar-refractivity contribution in [2.75, 3.05) is 34.3 Å². The summed E-state index contributed by atoms with van der Waals surface area (Å²) in [4.78, 5) is 24.1. The quantitative estimate of drug-likeness (QED) is 0.223. The van der Waals surface area contributed by atoms with Crippen LogP contribution in [0.4, 0.5) is 11.4 Å². The lowest BCUT2D eigenvalue weighted by molar-refractivity contribution is -0.870. The van der Waals surface area contributed by atoms with Crippen LogP contribution in [-0.4, -0.2) is 64.7 Å². The van der Waals surface area contributed by atoms with E-state index in [2.05, 4.69) is 42.5 Å². The second-order valence-corrected chi connectivity index (χ2v) is 10.9. The monoisotopic (exact) mass is 561 g/mol. The van der Waals surface area contributed by atoms with Crippen LogP contribution in [-0.2, 0) is 12.8 Å². The van der Waals surface area contributed by atoms with Gasteiger partial charge in [0, 0.05) is 5.56 Å². The number of likely N-dealkylation sites (N-methyl/N-ethyl adjacent to an activating group) is 1. The van der Waals surface area contributed by atoms with Gasteiger partial charge in [0.1, 0.15) is 12.3 Å². The second-order valence-electron chi connectivity index (χ2n) is 10.9. The average molecular weight is 562 g/mol. The van der Waals surface area contributed by atoms with Crippen LogP contribution in [0.2, 0.25) is 0 Å². The molecule has 4 aromatic rings. The molecule has 11 nitrogen and oxygen atoms in total. The summed E-state index contributed by atoms with van der Waals surface area (Å²) in [5, 5.41) is 41.4. The molecule has 0 radical (unpaired) electrons. The number of carboxylic acid groups (broad SMARTS) is 1. The molecule has 5 rings (SSSR count). The molecule has 0 spiro atoms. The fourth-order valence-electron chi connectivity index (χ4n) is 4.50. The number of aromatic carboxylic acids is 1. The first kappa shape index (κ1) is 29.5. The summed E-state index contributed by atoms with van der Waals surface area (Å²) in [7, 11) is 6.16. The minimum atomic E-state index is -1.23. The first-order valence-corrected chi connectivity index (χ1v) is 13.4. The Kier molecular flexibility index (Phi) is 8.89. The lowest BCUT2D eigenvalue weighted by Crippen LogP contribution is -2.36. The number of aromatic amines is 1. The number of benzene rings is 2. The molecule has 2 heterocycles. The third-order valence-corrected chi connectivity index (χ3v) is 6.74. The van der Waals surface area contributed by atoms with E-state index in [0.717, 1.165) is 36.0 Å². The molecule has 41 heavy (non-hydrogen) atoms. The zero-order valence-corrected chi connectivity index (χ0v) is 23.7. The van der Waals surface area contributed by atoms with Gasteiger partial charge in [0.05, 0.1) is 44.8 Å². The number of aliphatic hydroxyl groups is 1. The van der Waals surface area contributed by atoms with Crippen LogP contribution in [0, 0.1) is 6.92 Å². The van der Waals surface area contributed by atoms with Gasteiger partial charge in [0.15, 0.2) is 5.69 Å². The number of carbonyl (C=O) groups is 1. The molecule has 11 heteroatoms. The van der Waals surface area contributed by atoms with Crippen LogP contribution in [0.15, 0.2) is 68.0 Å². The van der Waals surface area contributed by atoms with Crippen molar-refractivity contribution < 1.29 is 29.0 Å². The smallest absolute Gasteiger partial charge is 0.371 e. The second kappa shape index (κ2) is 12.4. The van der Waals surface area contributed by atoms with Gasteiger partial charge < -0.3 is 24.2 Å². The maximum atomic E-state index is 13.0. The van der Waals surface area contributed by atoms with E-state index in [4.69, 9.17) is 14.6 Å². The standard InChI is InChI=1S/C25H22N4O5.C5H14NO/c1-14-22(24(31)29(28-14)17-10-9-15-5-2-3-6-16(15)13-17)27-26-19-8-4-7-18(23(19)30)20-11-12-21(34-20)25(32)33;1-6(2,3)4-5-7/h4,7-13,28,30H,2-3,5-6H2,1H3,(H,32,33);7H,4-5H2,1-3H3/q;+1/p-1. The van der Waals surface area contributed by atoms with Crippen molar-refractivity contribution in [3.8, 4) is 22.8 Å². The highest BCUT2D eigenvalue weighted by Crippen LogP contribution is 2.36. The molecule has 0 atom stereocenters. The van der Waals surface area contributed by atoms with Crippen LogP contribution in [0.5, 0.6) is 5.75 Å². The van der Waals surface area contributed by atoms with Gasteiger partial charge in [-0.25, -0.2) is 9.48 Å². The Morgan fingerprint density at radius 3 is 2.44 bits per heavy atom. The molecule has 0 aliphatic heterocycles. The molecule has 0 fully saturated rings. The molecule has 1 aliphatic carbocycles. The number of furan rings is 1. The van der Waals surface area contributed by atoms with Gasteiger partial charge in [-0.05, 0) is 74.1 Å². The molecule has 0 unspecified atom stereocenters. The van der Waals surface area contributed by atoms with E-state index in [1.165, 1.54) is 46.5 Å². The zero-order chi connectivity index (χ0) is 29.7. The number of carboxylic acids is 1. The molecule has 0 saturated carbocycles. The Labute approximate surface area is 237 Å². The molecule has 0 saturated heterocycles. The van der Waals surface area contributed by atoms with E-state index >= 15 is 0 Å². The van der Waals surface area contributed by atoms with Crippen molar-refractivity contribution in [3.05, 3.63) is 81.5 Å². The molecular formula is C30H35N5O6. The lowest BCUT2D eigenvalue weighted by atomic mass is 9.91. The lowest BCUT2D eigenvalue weighted by Gasteiger charge is -2.21. The fourth-order valence-corrected chi connectivity index (χ4v) is 4.50. The normalized spacial score (nSPS) is 13.1. The van der Waals surface area contributed by atoms with Gasteiger partial charge in [-0.2, -0.15) is 5.11 Å². The van der Waals surface area contributed by atoms with Crippen LogP contribution in [0.3, 0.4) is 0 Å². The van der Waals surface area contributed by atoms with Gasteiger partial charge in [0.2, 0.25) is 5.76 Å². The average Bonchev–Trinajstić information content (AvgIpc) is 3.52. The van der Waals surface area contributed by atoms with Crippen molar-refractivity contribution in [2.24, 2.45) is 10.2 Å². The van der Waals surface area contributed by atoms with Crippen molar-refractivity contribution in [1.82, 2.24) is 9.78 Å². The molecule has 3 N–H and O–H groups in total. The summed E-state index contributed by atoms with van der Waals surface area (Å²) >= 11 is 0. The highest BCUT2D eigenvalue weighted by molar-refractivity contribution is 5.85. The van der Waals surface area contributed by atoms with E-state index < -0.39 is 11.7 Å². The highest BCUT2D eigenvalue weighted by atomic mass is 16.4. The summed E-state index contributed by atoms with van der Waals surface area (Å²) in [5.41, 5.74) is 3.73. The number of hydrogen-bond acceptors (Lipinski definition) is 7. The molecule has 2 aromatic heterocycles. The number of aryl methyl sites for hydroxylation is 3. The van der Waals surface area contributed by atoms with Crippen molar-refractivity contribution in [3.63, 3.8) is 0 Å². The maximum absolute atomic E-state index is 13.0. The number of azo groups is 1. The summed E-state index contributed by atoms with van der Waals surface area (Å²) < 4.78 is 7.51. The van der Waals surface area contributed by atoms with E-state index in [1.54, 1.807) is 13.0 Å². The minimum Gasteiger partial charge on any atom is -0.870 e. The van der Waals surface area contributed by atoms with Crippen LogP contribution < -0.4 is 10.7 Å². The summed E-state index contributed by atoms with van der Waals surface area (Å²) in [6, 6.07) is 13.3. The Morgan fingerprint density at radius 2 is 1.80 bits per heavy atom. The first-order chi connectivity index (χ1) is 19.5. The number of H-pyrrole nitrogens is 1. The number of rotatable bonds is 7. The number of nitrogens with one attached hydrogen (secondary N) is 1. The van der Waals surface area contributed by atoms with Crippen molar-refractivity contribution in [1.29, 1.82) is 0 Å². The predicted octanol–water partition coefficient (Wildman–Crippen LogP) is 4.48. The summed E-state index contributed by atoms with van der Waals surface area (Å²) in [5.74, 6) is -1.87. The molecule has 1 aliphatic rings. The molecule has 2 aromatic carbocycles. The number of hydrogen-bond donors (Lipinski definition) is 3. The van der Waals surface area contributed by atoms with Crippen LogP contribution >= 0.6 is 0 Å². The Balaban J connectivity index is 0.000000493. The van der Waals surface area contributed by atoms with Gasteiger partial charge in [-0.1, -0.05) is 23.9 Å². The number of nitrogens with zero attached hydrogens (tertiary/aromatic N) is 4. The number of para-hydroxylation sites is 1. The largest absolute Gasteiger partial charge is 0.870 e.